The van der Waals surface area contributed by atoms with Crippen molar-refractivity contribution in [1.29, 1.82) is 0 Å². The lowest BCUT2D eigenvalue weighted by Crippen LogP contribution is -2.58. The highest BCUT2D eigenvalue weighted by Crippen LogP contribution is 2.14. The molecule has 0 aliphatic heterocycles. The van der Waals surface area contributed by atoms with Crippen LogP contribution in [0.2, 0.25) is 0 Å². The Labute approximate surface area is 217 Å². The largest absolute Gasteiger partial charge is 0.508 e. The summed E-state index contributed by atoms with van der Waals surface area (Å²) in [6.45, 7) is 1.25. The molecule has 0 bridgehead atoms. The number of carbonyl (C=O) groups is 5. The Balaban J connectivity index is 2.30. The summed E-state index contributed by atoms with van der Waals surface area (Å²) < 4.78 is 0. The predicted octanol–water partition coefficient (Wildman–Crippen LogP) is -0.756. The topological polar surface area (TPSA) is 228 Å². The van der Waals surface area contributed by atoms with Gasteiger partial charge in [0.15, 0.2) is 0 Å². The van der Waals surface area contributed by atoms with Gasteiger partial charge in [0, 0.05) is 12.8 Å². The quantitative estimate of drug-likeness (QED) is 0.161. The number of carboxylic acids is 2. The average Bonchev–Trinajstić information content (AvgIpc) is 2.85. The Kier molecular flexibility index (Phi) is 10.6. The third kappa shape index (κ3) is 9.43. The van der Waals surface area contributed by atoms with E-state index in [1.807, 2.05) is 0 Å². The monoisotopic (exact) mass is 530 g/mol. The second-order valence-corrected chi connectivity index (χ2v) is 8.64. The Bertz CT molecular complexity index is 1150. The van der Waals surface area contributed by atoms with E-state index < -0.39 is 60.2 Å². The fourth-order valence-electron chi connectivity index (χ4n) is 3.36. The van der Waals surface area contributed by atoms with Gasteiger partial charge in [0.25, 0.3) is 0 Å². The van der Waals surface area contributed by atoms with Crippen LogP contribution in [0.5, 0.6) is 11.5 Å². The van der Waals surface area contributed by atoms with E-state index in [-0.39, 0.29) is 24.3 Å². The van der Waals surface area contributed by atoms with Crippen LogP contribution in [0.15, 0.2) is 48.5 Å². The second-order valence-electron chi connectivity index (χ2n) is 8.64. The minimum absolute atomic E-state index is 0.0207. The van der Waals surface area contributed by atoms with E-state index in [1.54, 1.807) is 0 Å². The van der Waals surface area contributed by atoms with Gasteiger partial charge >= 0.3 is 11.9 Å². The molecule has 0 aromatic heterocycles. The van der Waals surface area contributed by atoms with Gasteiger partial charge in [-0.1, -0.05) is 24.3 Å². The lowest BCUT2D eigenvalue weighted by Gasteiger charge is -2.25. The third-order valence-electron chi connectivity index (χ3n) is 5.48. The van der Waals surface area contributed by atoms with Crippen LogP contribution in [0.1, 0.15) is 24.5 Å². The number of aromatic hydroxyl groups is 2. The lowest BCUT2D eigenvalue weighted by molar-refractivity contribution is -0.141. The van der Waals surface area contributed by atoms with Crippen LogP contribution in [0.4, 0.5) is 0 Å². The zero-order valence-electron chi connectivity index (χ0n) is 20.5. The molecule has 0 radical (unpaired) electrons. The van der Waals surface area contributed by atoms with E-state index in [0.29, 0.717) is 11.1 Å². The highest BCUT2D eigenvalue weighted by atomic mass is 16.4. The number of amides is 3. The zero-order chi connectivity index (χ0) is 28.4. The van der Waals surface area contributed by atoms with E-state index in [1.165, 1.54) is 55.5 Å². The molecule has 4 unspecified atom stereocenters. The summed E-state index contributed by atoms with van der Waals surface area (Å²) in [5.74, 6) is -5.20. The van der Waals surface area contributed by atoms with Crippen molar-refractivity contribution in [3.63, 3.8) is 0 Å². The van der Waals surface area contributed by atoms with Crippen molar-refractivity contribution in [3.8, 4) is 11.5 Å². The zero-order valence-corrected chi connectivity index (χ0v) is 20.5. The maximum absolute atomic E-state index is 13.3. The number of hydrogen-bond donors (Lipinski definition) is 8. The maximum Gasteiger partial charge on any atom is 0.325 e. The number of carboxylic acid groups (broad SMARTS) is 2. The maximum atomic E-state index is 13.3. The summed E-state index contributed by atoms with van der Waals surface area (Å²) in [5, 5.41) is 44.3. The van der Waals surface area contributed by atoms with Gasteiger partial charge in [-0.2, -0.15) is 0 Å². The molecule has 0 saturated carbocycles. The van der Waals surface area contributed by atoms with Crippen LogP contribution in [-0.4, -0.2) is 74.3 Å². The first-order valence-corrected chi connectivity index (χ1v) is 11.5. The van der Waals surface area contributed by atoms with E-state index in [0.717, 1.165) is 0 Å². The molecule has 38 heavy (non-hydrogen) atoms. The molecule has 0 fully saturated rings. The molecule has 204 valence electrons. The molecule has 0 spiro atoms. The Hall–Kier alpha value is -4.65. The molecule has 2 aromatic rings. The predicted molar refractivity (Wildman–Crippen MR) is 133 cm³/mol. The SMILES string of the molecule is CC(NC(=O)C(Cc1ccc(O)cc1)NC(=O)C(Cc1ccc(O)cc1)NC(=O)C(N)CC(=O)O)C(=O)O. The number of nitrogens with two attached hydrogens (primary N) is 1. The number of phenolic OH excluding ortho intramolecular Hbond substituents is 2. The van der Waals surface area contributed by atoms with Crippen molar-refractivity contribution in [2.24, 2.45) is 5.73 Å². The van der Waals surface area contributed by atoms with Gasteiger partial charge in [-0.3, -0.25) is 24.0 Å². The Morgan fingerprint density at radius 3 is 1.50 bits per heavy atom. The smallest absolute Gasteiger partial charge is 0.325 e. The number of hydrogen-bond acceptors (Lipinski definition) is 8. The summed E-state index contributed by atoms with van der Waals surface area (Å²) in [6.07, 6.45) is -0.863. The molecule has 0 aliphatic carbocycles. The Morgan fingerprint density at radius 2 is 1.11 bits per heavy atom. The fourth-order valence-corrected chi connectivity index (χ4v) is 3.36. The second kappa shape index (κ2) is 13.6. The van der Waals surface area contributed by atoms with Crippen molar-refractivity contribution >= 4 is 29.7 Å². The molecule has 13 heteroatoms. The summed E-state index contributed by atoms with van der Waals surface area (Å²) in [7, 11) is 0. The summed E-state index contributed by atoms with van der Waals surface area (Å²) in [5.41, 5.74) is 6.69. The normalized spacial score (nSPS) is 13.8. The molecular weight excluding hydrogens is 500 g/mol. The van der Waals surface area contributed by atoms with Crippen molar-refractivity contribution in [1.82, 2.24) is 16.0 Å². The summed E-state index contributed by atoms with van der Waals surface area (Å²) in [4.78, 5) is 60.9. The Morgan fingerprint density at radius 1 is 0.711 bits per heavy atom. The first kappa shape index (κ1) is 29.6. The van der Waals surface area contributed by atoms with Gasteiger partial charge in [-0.15, -0.1) is 0 Å². The van der Waals surface area contributed by atoms with Crippen molar-refractivity contribution in [2.75, 3.05) is 0 Å². The minimum Gasteiger partial charge on any atom is -0.508 e. The molecule has 13 nitrogen and oxygen atoms in total. The van der Waals surface area contributed by atoms with Crippen molar-refractivity contribution < 1.29 is 44.4 Å². The van der Waals surface area contributed by atoms with Crippen LogP contribution in [-0.2, 0) is 36.8 Å². The van der Waals surface area contributed by atoms with Crippen LogP contribution in [0, 0.1) is 0 Å². The first-order valence-electron chi connectivity index (χ1n) is 11.5. The van der Waals surface area contributed by atoms with Gasteiger partial charge in [0.05, 0.1) is 12.5 Å². The van der Waals surface area contributed by atoms with E-state index in [9.17, 15) is 34.2 Å². The van der Waals surface area contributed by atoms with Gasteiger partial charge in [-0.05, 0) is 42.3 Å². The highest BCUT2D eigenvalue weighted by Gasteiger charge is 2.30. The molecule has 0 saturated heterocycles. The summed E-state index contributed by atoms with van der Waals surface area (Å²) in [6, 6.07) is 6.26. The minimum atomic E-state index is -1.45. The summed E-state index contributed by atoms with van der Waals surface area (Å²) >= 11 is 0. The molecule has 0 heterocycles. The third-order valence-corrected chi connectivity index (χ3v) is 5.48. The van der Waals surface area contributed by atoms with E-state index in [4.69, 9.17) is 15.9 Å². The number of rotatable bonds is 13. The van der Waals surface area contributed by atoms with Crippen LogP contribution in [0.3, 0.4) is 0 Å². The van der Waals surface area contributed by atoms with Gasteiger partial charge in [0.2, 0.25) is 17.7 Å². The first-order chi connectivity index (χ1) is 17.8. The number of carbonyl (C=O) groups excluding carboxylic acids is 3. The van der Waals surface area contributed by atoms with Crippen LogP contribution in [0.25, 0.3) is 0 Å². The van der Waals surface area contributed by atoms with Gasteiger partial charge in [0.1, 0.15) is 29.6 Å². The van der Waals surface area contributed by atoms with Gasteiger partial charge < -0.3 is 42.1 Å². The molecule has 2 aromatic carbocycles. The standard InChI is InChI=1S/C25H30N4O9/c1-13(25(37)38)27-23(35)19(10-14-2-6-16(30)7-3-14)29-24(36)20(11-15-4-8-17(31)9-5-15)28-22(34)18(26)12-21(32)33/h2-9,13,18-20,30-31H,10-12,26H2,1H3,(H,27,35)(H,28,34)(H,29,36)(H,32,33)(H,37,38). The van der Waals surface area contributed by atoms with Crippen LogP contribution >= 0.6 is 0 Å². The average molecular weight is 531 g/mol. The number of nitrogens with one attached hydrogen (secondary N) is 3. The molecule has 9 N–H and O–H groups in total. The number of benzene rings is 2. The van der Waals surface area contributed by atoms with Crippen molar-refractivity contribution in [2.45, 2.75) is 50.4 Å². The molecular formula is C25H30N4O9. The van der Waals surface area contributed by atoms with Gasteiger partial charge in [-0.25, -0.2) is 0 Å². The molecule has 2 rings (SSSR count). The molecule has 3 amide bonds. The molecule has 0 aliphatic rings. The van der Waals surface area contributed by atoms with E-state index in [2.05, 4.69) is 16.0 Å². The van der Waals surface area contributed by atoms with Crippen LogP contribution < -0.4 is 21.7 Å². The fraction of sp³-hybridized carbons (Fsp3) is 0.320. The number of aliphatic carboxylic acids is 2. The molecule has 4 atom stereocenters. The lowest BCUT2D eigenvalue weighted by atomic mass is 10.0. The number of phenols is 2. The highest BCUT2D eigenvalue weighted by molar-refractivity contribution is 5.95. The van der Waals surface area contributed by atoms with E-state index >= 15 is 0 Å². The van der Waals surface area contributed by atoms with Crippen molar-refractivity contribution in [3.05, 3.63) is 59.7 Å².